The van der Waals surface area contributed by atoms with Crippen LogP contribution in [-0.4, -0.2) is 64.6 Å². The van der Waals surface area contributed by atoms with Gasteiger partial charge in [0.05, 0.1) is 18.4 Å². The third kappa shape index (κ3) is 4.39. The number of ether oxygens (including phenoxy) is 3. The largest absolute Gasteiger partial charge is 0.453 e. The monoisotopic (exact) mass is 320 g/mol. The van der Waals surface area contributed by atoms with Gasteiger partial charge in [0.2, 0.25) is 6.29 Å². The minimum atomic E-state index is -1.54. The SMILES string of the molecule is CC(C)C(=O)O[C@@H]1O[C@H](CO)[C@@H](O)[C@H](O)[C@H]1OC(=O)C(C)C. The maximum atomic E-state index is 11.7. The Morgan fingerprint density at radius 2 is 1.50 bits per heavy atom. The standard InChI is InChI=1S/C14H24O8/c1-6(2)12(18)21-11-10(17)9(16)8(5-15)20-14(11)22-13(19)7(3)4/h6-11,14-17H,5H2,1-4H3/t8-,9-,10+,11-,14+/m1/s1. The van der Waals surface area contributed by atoms with Crippen molar-refractivity contribution >= 4 is 11.9 Å². The van der Waals surface area contributed by atoms with Gasteiger partial charge in [-0.05, 0) is 0 Å². The first-order valence-electron chi connectivity index (χ1n) is 7.22. The van der Waals surface area contributed by atoms with Crippen molar-refractivity contribution in [2.75, 3.05) is 6.61 Å². The average molecular weight is 320 g/mol. The Kier molecular flexibility index (Phi) is 6.73. The summed E-state index contributed by atoms with van der Waals surface area (Å²) in [4.78, 5) is 23.4. The third-order valence-electron chi connectivity index (χ3n) is 3.25. The van der Waals surface area contributed by atoms with Crippen LogP contribution in [0, 0.1) is 11.8 Å². The maximum absolute atomic E-state index is 11.7. The molecule has 1 saturated heterocycles. The van der Waals surface area contributed by atoms with E-state index in [1.807, 2.05) is 0 Å². The van der Waals surface area contributed by atoms with Crippen molar-refractivity contribution in [3.05, 3.63) is 0 Å². The molecule has 0 aromatic heterocycles. The Balaban J connectivity index is 2.93. The van der Waals surface area contributed by atoms with Gasteiger partial charge in [-0.3, -0.25) is 9.59 Å². The predicted octanol–water partition coefficient (Wildman–Crippen LogP) is -0.808. The molecular weight excluding hydrogens is 296 g/mol. The first kappa shape index (κ1) is 18.8. The van der Waals surface area contributed by atoms with E-state index in [0.29, 0.717) is 0 Å². The lowest BCUT2D eigenvalue weighted by molar-refractivity contribution is -0.297. The summed E-state index contributed by atoms with van der Waals surface area (Å²) in [7, 11) is 0. The summed E-state index contributed by atoms with van der Waals surface area (Å²) in [6, 6.07) is 0. The Morgan fingerprint density at radius 3 is 1.95 bits per heavy atom. The number of hydrogen-bond donors (Lipinski definition) is 3. The molecule has 8 heteroatoms. The molecule has 5 atom stereocenters. The molecule has 0 aliphatic carbocycles. The quantitative estimate of drug-likeness (QED) is 0.562. The van der Waals surface area contributed by atoms with Crippen molar-refractivity contribution in [2.45, 2.75) is 58.4 Å². The molecule has 128 valence electrons. The highest BCUT2D eigenvalue weighted by atomic mass is 16.7. The van der Waals surface area contributed by atoms with Crippen LogP contribution in [-0.2, 0) is 23.8 Å². The fraction of sp³-hybridized carbons (Fsp3) is 0.857. The highest BCUT2D eigenvalue weighted by molar-refractivity contribution is 5.72. The first-order chi connectivity index (χ1) is 10.2. The van der Waals surface area contributed by atoms with E-state index < -0.39 is 61.1 Å². The van der Waals surface area contributed by atoms with E-state index in [0.717, 1.165) is 0 Å². The van der Waals surface area contributed by atoms with Crippen LogP contribution < -0.4 is 0 Å². The zero-order valence-corrected chi connectivity index (χ0v) is 13.1. The molecule has 8 nitrogen and oxygen atoms in total. The Hall–Kier alpha value is -1.22. The molecule has 1 heterocycles. The minimum absolute atomic E-state index is 0.457. The van der Waals surface area contributed by atoms with Crippen molar-refractivity contribution in [2.24, 2.45) is 11.8 Å². The zero-order valence-electron chi connectivity index (χ0n) is 13.1. The van der Waals surface area contributed by atoms with Crippen LogP contribution in [0.25, 0.3) is 0 Å². The van der Waals surface area contributed by atoms with Crippen LogP contribution in [0.4, 0.5) is 0 Å². The van der Waals surface area contributed by atoms with E-state index in [4.69, 9.17) is 19.3 Å². The topological polar surface area (TPSA) is 123 Å². The van der Waals surface area contributed by atoms with Crippen LogP contribution >= 0.6 is 0 Å². The van der Waals surface area contributed by atoms with E-state index in [1.165, 1.54) is 0 Å². The Morgan fingerprint density at radius 1 is 1.00 bits per heavy atom. The lowest BCUT2D eigenvalue weighted by Gasteiger charge is -2.41. The van der Waals surface area contributed by atoms with Gasteiger partial charge in [-0.15, -0.1) is 0 Å². The predicted molar refractivity (Wildman–Crippen MR) is 73.4 cm³/mol. The summed E-state index contributed by atoms with van der Waals surface area (Å²) in [5.74, 6) is -2.17. The van der Waals surface area contributed by atoms with Gasteiger partial charge in [0.1, 0.15) is 18.3 Å². The second-order valence-corrected chi connectivity index (χ2v) is 5.85. The van der Waals surface area contributed by atoms with Crippen LogP contribution in [0.15, 0.2) is 0 Å². The van der Waals surface area contributed by atoms with Crippen molar-refractivity contribution in [3.8, 4) is 0 Å². The van der Waals surface area contributed by atoms with Crippen LogP contribution in [0.5, 0.6) is 0 Å². The van der Waals surface area contributed by atoms with Gasteiger partial charge in [0.25, 0.3) is 0 Å². The molecule has 0 saturated carbocycles. The van der Waals surface area contributed by atoms with E-state index in [2.05, 4.69) is 0 Å². The van der Waals surface area contributed by atoms with Gasteiger partial charge in [0.15, 0.2) is 6.10 Å². The molecule has 0 aromatic carbocycles. The number of aliphatic hydroxyl groups excluding tert-OH is 3. The molecule has 1 aliphatic rings. The number of aliphatic hydroxyl groups is 3. The minimum Gasteiger partial charge on any atom is -0.453 e. The second-order valence-electron chi connectivity index (χ2n) is 5.85. The number of carbonyl (C=O) groups excluding carboxylic acids is 2. The van der Waals surface area contributed by atoms with Gasteiger partial charge >= 0.3 is 11.9 Å². The molecule has 22 heavy (non-hydrogen) atoms. The lowest BCUT2D eigenvalue weighted by atomic mass is 9.99. The summed E-state index contributed by atoms with van der Waals surface area (Å²) in [6.45, 7) is 5.82. The fourth-order valence-electron chi connectivity index (χ4n) is 1.80. The molecule has 0 unspecified atom stereocenters. The van der Waals surface area contributed by atoms with E-state index in [9.17, 15) is 19.8 Å². The van der Waals surface area contributed by atoms with Crippen molar-refractivity contribution in [1.82, 2.24) is 0 Å². The van der Waals surface area contributed by atoms with Crippen molar-refractivity contribution in [3.63, 3.8) is 0 Å². The average Bonchev–Trinajstić information content (AvgIpc) is 2.45. The number of esters is 2. The maximum Gasteiger partial charge on any atom is 0.310 e. The molecule has 1 fully saturated rings. The molecule has 0 amide bonds. The number of hydrogen-bond acceptors (Lipinski definition) is 8. The van der Waals surface area contributed by atoms with E-state index >= 15 is 0 Å². The van der Waals surface area contributed by atoms with Gasteiger partial charge in [-0.2, -0.15) is 0 Å². The number of rotatable bonds is 5. The lowest BCUT2D eigenvalue weighted by Crippen LogP contribution is -2.61. The fourth-order valence-corrected chi connectivity index (χ4v) is 1.80. The first-order valence-corrected chi connectivity index (χ1v) is 7.22. The summed E-state index contributed by atoms with van der Waals surface area (Å²) >= 11 is 0. The Labute approximate surface area is 129 Å². The molecule has 0 spiro atoms. The third-order valence-corrected chi connectivity index (χ3v) is 3.25. The van der Waals surface area contributed by atoms with Gasteiger partial charge in [-0.25, -0.2) is 0 Å². The number of carbonyl (C=O) groups is 2. The van der Waals surface area contributed by atoms with Crippen LogP contribution in [0.3, 0.4) is 0 Å². The van der Waals surface area contributed by atoms with E-state index in [-0.39, 0.29) is 0 Å². The van der Waals surface area contributed by atoms with Gasteiger partial charge in [-0.1, -0.05) is 27.7 Å². The van der Waals surface area contributed by atoms with Gasteiger partial charge in [0, 0.05) is 0 Å². The van der Waals surface area contributed by atoms with Crippen molar-refractivity contribution in [1.29, 1.82) is 0 Å². The smallest absolute Gasteiger partial charge is 0.310 e. The molecule has 1 aliphatic heterocycles. The Bertz CT molecular complexity index is 394. The molecule has 3 N–H and O–H groups in total. The summed E-state index contributed by atoms with van der Waals surface area (Å²) < 4.78 is 15.4. The highest BCUT2D eigenvalue weighted by Crippen LogP contribution is 2.26. The summed E-state index contributed by atoms with van der Waals surface area (Å²) in [5.41, 5.74) is 0. The summed E-state index contributed by atoms with van der Waals surface area (Å²) in [6.07, 6.45) is -6.92. The molecule has 1 rings (SSSR count). The van der Waals surface area contributed by atoms with Crippen molar-refractivity contribution < 1.29 is 39.1 Å². The second kappa shape index (κ2) is 7.87. The summed E-state index contributed by atoms with van der Waals surface area (Å²) in [5, 5.41) is 29.1. The zero-order chi connectivity index (χ0) is 17.0. The van der Waals surface area contributed by atoms with Crippen LogP contribution in [0.2, 0.25) is 0 Å². The molecule has 0 radical (unpaired) electrons. The molecule has 0 bridgehead atoms. The molecular formula is C14H24O8. The van der Waals surface area contributed by atoms with Crippen LogP contribution in [0.1, 0.15) is 27.7 Å². The molecule has 0 aromatic rings. The normalized spacial score (nSPS) is 32.1. The highest BCUT2D eigenvalue weighted by Gasteiger charge is 2.48. The van der Waals surface area contributed by atoms with E-state index in [1.54, 1.807) is 27.7 Å². The van der Waals surface area contributed by atoms with Gasteiger partial charge < -0.3 is 29.5 Å².